The van der Waals surface area contributed by atoms with Crippen LogP contribution in [0.5, 0.6) is 23.0 Å². The third kappa shape index (κ3) is 6.80. The van der Waals surface area contributed by atoms with Gasteiger partial charge in [-0.15, -0.1) is 0 Å². The van der Waals surface area contributed by atoms with Crippen molar-refractivity contribution in [3.63, 3.8) is 0 Å². The van der Waals surface area contributed by atoms with Gasteiger partial charge in [0.15, 0.2) is 34.4 Å². The third-order valence-corrected chi connectivity index (χ3v) is 8.50. The highest BCUT2D eigenvalue weighted by Crippen LogP contribution is 2.36. The van der Waals surface area contributed by atoms with Crippen LogP contribution in [0.3, 0.4) is 0 Å². The molecule has 12 nitrogen and oxygen atoms in total. The molecule has 46 heavy (non-hydrogen) atoms. The van der Waals surface area contributed by atoms with Gasteiger partial charge >= 0.3 is 5.97 Å². The predicted octanol–water partition coefficient (Wildman–Crippen LogP) is 2.45. The topological polar surface area (TPSA) is 127 Å². The Bertz CT molecular complexity index is 1820. The summed E-state index contributed by atoms with van der Waals surface area (Å²) in [6, 6.07) is 9.73. The Morgan fingerprint density at radius 1 is 0.978 bits per heavy atom. The van der Waals surface area contributed by atoms with Gasteiger partial charge in [-0.3, -0.25) is 14.2 Å². The summed E-state index contributed by atoms with van der Waals surface area (Å²) < 4.78 is 35.2. The average Bonchev–Trinajstić information content (AvgIpc) is 3.37. The molecule has 3 heterocycles. The van der Waals surface area contributed by atoms with Gasteiger partial charge in [-0.05, 0) is 62.2 Å². The third-order valence-electron chi connectivity index (χ3n) is 7.52. The molecule has 1 fully saturated rings. The number of carbonyl (C=O) groups excluding carboxylic acids is 2. The fourth-order valence-corrected chi connectivity index (χ4v) is 6.37. The van der Waals surface area contributed by atoms with Gasteiger partial charge in [0.2, 0.25) is 0 Å². The van der Waals surface area contributed by atoms with Gasteiger partial charge in [-0.1, -0.05) is 23.5 Å². The highest BCUT2D eigenvalue weighted by molar-refractivity contribution is 7.07. The Kier molecular flexibility index (Phi) is 10.4. The number of aromatic nitrogens is 1. The molecule has 0 N–H and O–H groups in total. The Labute approximate surface area is 270 Å². The summed E-state index contributed by atoms with van der Waals surface area (Å²) >= 11 is 1.21. The lowest BCUT2D eigenvalue weighted by atomic mass is 9.95. The number of allylic oxidation sites excluding steroid dienone is 1. The molecule has 3 aromatic rings. The summed E-state index contributed by atoms with van der Waals surface area (Å²) in [5.41, 5.74) is 1.72. The van der Waals surface area contributed by atoms with Crippen molar-refractivity contribution >= 4 is 29.3 Å². The number of morpholine rings is 1. The number of hydrogen-bond acceptors (Lipinski definition) is 11. The largest absolute Gasteiger partial charge is 0.493 e. The first kappa shape index (κ1) is 32.8. The number of hydrogen-bond donors (Lipinski definition) is 0. The van der Waals surface area contributed by atoms with Crippen LogP contribution in [0, 0.1) is 0 Å². The minimum atomic E-state index is -0.808. The van der Waals surface area contributed by atoms with E-state index in [0.717, 1.165) is 0 Å². The van der Waals surface area contributed by atoms with E-state index in [1.165, 1.54) is 23.0 Å². The van der Waals surface area contributed by atoms with Crippen LogP contribution in [0.15, 0.2) is 57.5 Å². The van der Waals surface area contributed by atoms with E-state index in [1.54, 1.807) is 68.3 Å². The van der Waals surface area contributed by atoms with Gasteiger partial charge in [-0.25, -0.2) is 9.79 Å². The first-order valence-electron chi connectivity index (χ1n) is 15.0. The second kappa shape index (κ2) is 14.6. The van der Waals surface area contributed by atoms with Crippen LogP contribution in [0.25, 0.3) is 6.08 Å². The molecule has 0 saturated carbocycles. The Hall–Kier alpha value is -4.62. The number of thiazole rings is 1. The molecule has 13 heteroatoms. The molecular formula is C33H37N3O9S. The molecule has 1 amide bonds. The summed E-state index contributed by atoms with van der Waals surface area (Å²) in [7, 11) is 3.06. The molecule has 1 aromatic heterocycles. The maximum Gasteiger partial charge on any atom is 0.338 e. The average molecular weight is 652 g/mol. The number of ether oxygens (including phenoxy) is 6. The van der Waals surface area contributed by atoms with Crippen molar-refractivity contribution in [2.24, 2.45) is 4.99 Å². The molecule has 0 bridgehead atoms. The minimum Gasteiger partial charge on any atom is -0.493 e. The Morgan fingerprint density at radius 3 is 2.41 bits per heavy atom. The van der Waals surface area contributed by atoms with E-state index in [9.17, 15) is 14.4 Å². The van der Waals surface area contributed by atoms with Crippen LogP contribution in [-0.4, -0.2) is 81.7 Å². The summed E-state index contributed by atoms with van der Waals surface area (Å²) in [6.07, 6.45) is 1.73. The van der Waals surface area contributed by atoms with Crippen molar-refractivity contribution in [2.45, 2.75) is 26.8 Å². The summed E-state index contributed by atoms with van der Waals surface area (Å²) in [5.74, 6) is 1.15. The van der Waals surface area contributed by atoms with Gasteiger partial charge < -0.3 is 33.3 Å². The minimum absolute atomic E-state index is 0.132. The molecule has 1 saturated heterocycles. The number of fused-ring (bicyclic) bond motifs is 1. The molecule has 2 aromatic carbocycles. The monoisotopic (exact) mass is 651 g/mol. The molecule has 0 aliphatic carbocycles. The maximum atomic E-state index is 14.1. The van der Waals surface area contributed by atoms with E-state index < -0.39 is 12.0 Å². The van der Waals surface area contributed by atoms with Crippen molar-refractivity contribution < 1.29 is 38.0 Å². The quantitative estimate of drug-likeness (QED) is 0.288. The lowest BCUT2D eigenvalue weighted by Crippen LogP contribution is -2.43. The van der Waals surface area contributed by atoms with Crippen LogP contribution >= 0.6 is 11.3 Å². The van der Waals surface area contributed by atoms with Crippen molar-refractivity contribution in [3.8, 4) is 23.0 Å². The van der Waals surface area contributed by atoms with E-state index in [1.807, 2.05) is 6.92 Å². The summed E-state index contributed by atoms with van der Waals surface area (Å²) in [5, 5.41) is 0. The molecule has 2 aliphatic heterocycles. The number of amides is 1. The van der Waals surface area contributed by atoms with Crippen molar-refractivity contribution in [1.82, 2.24) is 9.47 Å². The van der Waals surface area contributed by atoms with Crippen molar-refractivity contribution in [3.05, 3.63) is 78.5 Å². The first-order valence-corrected chi connectivity index (χ1v) is 15.8. The zero-order valence-electron chi connectivity index (χ0n) is 26.5. The number of carbonyl (C=O) groups is 2. The Balaban J connectivity index is 1.52. The number of esters is 1. The zero-order chi connectivity index (χ0) is 32.8. The molecule has 2 aliphatic rings. The lowest BCUT2D eigenvalue weighted by Gasteiger charge is -2.26. The highest BCUT2D eigenvalue weighted by Gasteiger charge is 2.34. The molecule has 0 unspecified atom stereocenters. The number of methoxy groups -OCH3 is 2. The van der Waals surface area contributed by atoms with Gasteiger partial charge in [0.1, 0.15) is 0 Å². The predicted molar refractivity (Wildman–Crippen MR) is 170 cm³/mol. The number of rotatable bonds is 11. The number of benzene rings is 2. The number of nitrogens with zero attached hydrogens (tertiary/aromatic N) is 3. The molecule has 0 spiro atoms. The standard InChI is InChI=1S/C33H37N3O9S/c1-6-43-26-18-22(9-11-23(26)40-4)30-29(32(39)44-7-2)20(3)34-33-36(30)31(38)27(46-33)17-21-8-10-24(25(16-21)41-5)45-19-28(37)35-12-14-42-15-13-35/h8-11,16-18,30H,6-7,12-15,19H2,1-5H3/b27-17+/t30-/m0/s1. The highest BCUT2D eigenvalue weighted by atomic mass is 32.1. The van der Waals surface area contributed by atoms with E-state index in [-0.39, 0.29) is 30.3 Å². The second-order valence-corrected chi connectivity index (χ2v) is 11.3. The van der Waals surface area contributed by atoms with Crippen molar-refractivity contribution in [1.29, 1.82) is 0 Å². The Morgan fingerprint density at radius 2 is 1.72 bits per heavy atom. The molecule has 0 radical (unpaired) electrons. The first-order chi connectivity index (χ1) is 22.3. The van der Waals surface area contributed by atoms with Gasteiger partial charge in [0.25, 0.3) is 11.5 Å². The smallest absolute Gasteiger partial charge is 0.338 e. The van der Waals surface area contributed by atoms with Gasteiger partial charge in [0, 0.05) is 13.1 Å². The van der Waals surface area contributed by atoms with E-state index >= 15 is 0 Å². The normalized spacial score (nSPS) is 16.4. The SMILES string of the molecule is CCOC(=O)C1=C(C)N=c2s/c(=C/c3ccc(OCC(=O)N4CCOCC4)c(OC)c3)c(=O)n2[C@H]1c1ccc(OC)c(OCC)c1. The fourth-order valence-electron chi connectivity index (χ4n) is 5.33. The van der Waals surface area contributed by atoms with E-state index in [4.69, 9.17) is 28.4 Å². The molecule has 244 valence electrons. The van der Waals surface area contributed by atoms with E-state index in [2.05, 4.69) is 4.99 Å². The van der Waals surface area contributed by atoms with Gasteiger partial charge in [0.05, 0.1) is 62.5 Å². The van der Waals surface area contributed by atoms with Crippen LogP contribution in [0.4, 0.5) is 0 Å². The summed E-state index contributed by atoms with van der Waals surface area (Å²) in [6.45, 7) is 7.84. The van der Waals surface area contributed by atoms with Crippen LogP contribution in [0.2, 0.25) is 0 Å². The van der Waals surface area contributed by atoms with Crippen molar-refractivity contribution in [2.75, 3.05) is 60.3 Å². The maximum absolute atomic E-state index is 14.1. The molecule has 1 atom stereocenters. The molecular weight excluding hydrogens is 614 g/mol. The van der Waals surface area contributed by atoms with E-state index in [0.29, 0.717) is 82.1 Å². The van der Waals surface area contributed by atoms with Crippen LogP contribution < -0.4 is 33.8 Å². The molecule has 5 rings (SSSR count). The summed E-state index contributed by atoms with van der Waals surface area (Å²) in [4.78, 5) is 46.7. The zero-order valence-corrected chi connectivity index (χ0v) is 27.3. The lowest BCUT2D eigenvalue weighted by molar-refractivity contribution is -0.139. The van der Waals surface area contributed by atoms with Crippen LogP contribution in [-0.2, 0) is 19.1 Å². The fraction of sp³-hybridized carbons (Fsp3) is 0.394. The second-order valence-electron chi connectivity index (χ2n) is 10.3. The van der Waals surface area contributed by atoms with Crippen LogP contribution in [0.1, 0.15) is 37.9 Å². The van der Waals surface area contributed by atoms with Gasteiger partial charge in [-0.2, -0.15) is 0 Å².